The molecule has 17 heavy (non-hydrogen) atoms. The Morgan fingerprint density at radius 2 is 2.12 bits per heavy atom. The highest BCUT2D eigenvalue weighted by Gasteiger charge is 2.33. The Labute approximate surface area is 103 Å². The van der Waals surface area contributed by atoms with Gasteiger partial charge in [0.1, 0.15) is 0 Å². The lowest BCUT2D eigenvalue weighted by Gasteiger charge is -2.45. The number of hydrogen-bond donors (Lipinski definition) is 2. The van der Waals surface area contributed by atoms with Gasteiger partial charge in [-0.25, -0.2) is 0 Å². The molecule has 2 bridgehead atoms. The summed E-state index contributed by atoms with van der Waals surface area (Å²) >= 11 is 0. The number of aromatic amines is 1. The van der Waals surface area contributed by atoms with Crippen molar-refractivity contribution in [1.29, 1.82) is 0 Å². The van der Waals surface area contributed by atoms with E-state index in [0.717, 1.165) is 18.2 Å². The number of rotatable bonds is 3. The summed E-state index contributed by atoms with van der Waals surface area (Å²) in [6.45, 7) is 9.01. The predicted molar refractivity (Wildman–Crippen MR) is 67.9 cm³/mol. The lowest BCUT2D eigenvalue weighted by atomic mass is 9.84. The molecule has 1 aromatic rings. The average Bonchev–Trinajstić information content (AvgIpc) is 2.68. The van der Waals surface area contributed by atoms with Crippen LogP contribution in [0.4, 0.5) is 0 Å². The fraction of sp³-hybridized carbons (Fsp3) is 0.769. The van der Waals surface area contributed by atoms with Crippen LogP contribution >= 0.6 is 0 Å². The van der Waals surface area contributed by atoms with Gasteiger partial charge in [-0.15, -0.1) is 0 Å². The highest BCUT2D eigenvalue weighted by atomic mass is 15.2. The van der Waals surface area contributed by atoms with Gasteiger partial charge in [-0.2, -0.15) is 5.10 Å². The van der Waals surface area contributed by atoms with Crippen molar-refractivity contribution in [2.45, 2.75) is 39.3 Å². The number of nitrogens with one attached hydrogen (secondary N) is 2. The van der Waals surface area contributed by atoms with Gasteiger partial charge >= 0.3 is 0 Å². The minimum atomic E-state index is 0.686. The van der Waals surface area contributed by atoms with Gasteiger partial charge in [0, 0.05) is 30.4 Å². The fourth-order valence-electron chi connectivity index (χ4n) is 3.26. The van der Waals surface area contributed by atoms with Crippen LogP contribution in [0.1, 0.15) is 29.8 Å². The Hall–Kier alpha value is -0.870. The summed E-state index contributed by atoms with van der Waals surface area (Å²) in [4.78, 5) is 2.59. The molecule has 4 nitrogen and oxygen atoms in total. The van der Waals surface area contributed by atoms with Crippen LogP contribution in [0, 0.1) is 19.8 Å². The summed E-state index contributed by atoms with van der Waals surface area (Å²) in [6.07, 6.45) is 2.75. The number of aryl methyl sites for hydroxylation is 2. The van der Waals surface area contributed by atoms with Gasteiger partial charge in [-0.05, 0) is 45.7 Å². The second-order valence-electron chi connectivity index (χ2n) is 5.54. The second kappa shape index (κ2) is 4.42. The van der Waals surface area contributed by atoms with Crippen LogP contribution in [0.5, 0.6) is 0 Å². The van der Waals surface area contributed by atoms with Crippen LogP contribution in [0.3, 0.4) is 0 Å². The van der Waals surface area contributed by atoms with Crippen LogP contribution in [0.2, 0.25) is 0 Å². The average molecular weight is 234 g/mol. The van der Waals surface area contributed by atoms with Crippen molar-refractivity contribution < 1.29 is 0 Å². The monoisotopic (exact) mass is 234 g/mol. The van der Waals surface area contributed by atoms with Crippen molar-refractivity contribution in [2.24, 2.45) is 5.92 Å². The number of hydrogen-bond acceptors (Lipinski definition) is 3. The van der Waals surface area contributed by atoms with Crippen molar-refractivity contribution in [2.75, 3.05) is 19.6 Å². The van der Waals surface area contributed by atoms with Crippen LogP contribution < -0.4 is 5.32 Å². The first-order valence-electron chi connectivity index (χ1n) is 6.70. The van der Waals surface area contributed by atoms with E-state index in [1.807, 2.05) is 0 Å². The Morgan fingerprint density at radius 3 is 2.65 bits per heavy atom. The van der Waals surface area contributed by atoms with E-state index >= 15 is 0 Å². The maximum Gasteiger partial charge on any atom is 0.0638 e. The third kappa shape index (κ3) is 2.11. The zero-order valence-electron chi connectivity index (χ0n) is 10.8. The molecular formula is C13H22N4. The van der Waals surface area contributed by atoms with Crippen LogP contribution in [-0.2, 0) is 6.54 Å². The van der Waals surface area contributed by atoms with Crippen LogP contribution in [0.15, 0.2) is 0 Å². The van der Waals surface area contributed by atoms with Crippen molar-refractivity contribution in [1.82, 2.24) is 20.4 Å². The molecule has 3 aliphatic heterocycles. The van der Waals surface area contributed by atoms with E-state index in [9.17, 15) is 0 Å². The van der Waals surface area contributed by atoms with E-state index in [0.29, 0.717) is 6.04 Å². The molecule has 1 aromatic heterocycles. The molecular weight excluding hydrogens is 212 g/mol. The maximum absolute atomic E-state index is 4.25. The fourth-order valence-corrected chi connectivity index (χ4v) is 3.26. The summed E-state index contributed by atoms with van der Waals surface area (Å²) in [6, 6.07) is 0.686. The highest BCUT2D eigenvalue weighted by molar-refractivity contribution is 5.22. The number of piperidine rings is 3. The molecule has 3 fully saturated rings. The molecule has 4 heterocycles. The van der Waals surface area contributed by atoms with Gasteiger partial charge in [0.25, 0.3) is 0 Å². The van der Waals surface area contributed by atoms with E-state index < -0.39 is 0 Å². The zero-order valence-corrected chi connectivity index (χ0v) is 10.8. The van der Waals surface area contributed by atoms with Crippen molar-refractivity contribution in [3.05, 3.63) is 17.0 Å². The smallest absolute Gasteiger partial charge is 0.0638 e. The zero-order chi connectivity index (χ0) is 11.8. The van der Waals surface area contributed by atoms with Crippen LogP contribution in [0.25, 0.3) is 0 Å². The first kappa shape index (κ1) is 11.2. The predicted octanol–water partition coefficient (Wildman–Crippen LogP) is 1.21. The lowest BCUT2D eigenvalue weighted by molar-refractivity contribution is 0.0719. The summed E-state index contributed by atoms with van der Waals surface area (Å²) in [5.74, 6) is 0.896. The van der Waals surface area contributed by atoms with E-state index in [4.69, 9.17) is 0 Å². The SMILES string of the molecule is Cc1n[nH]c(C)c1CNC1CN2CCC1CC2. The van der Waals surface area contributed by atoms with E-state index in [2.05, 4.69) is 34.3 Å². The van der Waals surface area contributed by atoms with Crippen molar-refractivity contribution in [3.8, 4) is 0 Å². The molecule has 2 N–H and O–H groups in total. The molecule has 0 spiro atoms. The Balaban J connectivity index is 1.61. The third-order valence-electron chi connectivity index (χ3n) is 4.48. The van der Waals surface area contributed by atoms with E-state index in [-0.39, 0.29) is 0 Å². The normalized spacial score (nSPS) is 32.0. The number of H-pyrrole nitrogens is 1. The molecule has 4 heteroatoms. The number of nitrogens with zero attached hydrogens (tertiary/aromatic N) is 2. The van der Waals surface area contributed by atoms with Gasteiger partial charge in [-0.3, -0.25) is 5.10 Å². The Kier molecular flexibility index (Phi) is 2.92. The molecule has 1 atom stereocenters. The third-order valence-corrected chi connectivity index (χ3v) is 4.48. The van der Waals surface area contributed by atoms with Crippen molar-refractivity contribution >= 4 is 0 Å². The topological polar surface area (TPSA) is 44.0 Å². The molecule has 4 rings (SSSR count). The summed E-state index contributed by atoms with van der Waals surface area (Å²) in [7, 11) is 0. The first-order chi connectivity index (χ1) is 8.24. The number of fused-ring (bicyclic) bond motifs is 3. The molecule has 94 valence electrons. The van der Waals surface area contributed by atoms with Gasteiger partial charge in [0.2, 0.25) is 0 Å². The van der Waals surface area contributed by atoms with Gasteiger partial charge in [0.15, 0.2) is 0 Å². The van der Waals surface area contributed by atoms with Gasteiger partial charge in [-0.1, -0.05) is 0 Å². The van der Waals surface area contributed by atoms with E-state index in [1.54, 1.807) is 0 Å². The van der Waals surface area contributed by atoms with Crippen LogP contribution in [-0.4, -0.2) is 40.8 Å². The Morgan fingerprint density at radius 1 is 1.35 bits per heavy atom. The minimum Gasteiger partial charge on any atom is -0.308 e. The molecule has 0 saturated carbocycles. The molecule has 3 aliphatic rings. The summed E-state index contributed by atoms with van der Waals surface area (Å²) in [5, 5.41) is 11.0. The molecule has 0 radical (unpaired) electrons. The number of aromatic nitrogens is 2. The molecule has 0 aromatic carbocycles. The molecule has 3 saturated heterocycles. The van der Waals surface area contributed by atoms with Gasteiger partial charge < -0.3 is 10.2 Å². The molecule has 1 unspecified atom stereocenters. The quantitative estimate of drug-likeness (QED) is 0.826. The Bertz CT molecular complexity index is 371. The summed E-state index contributed by atoms with van der Waals surface area (Å²) < 4.78 is 0. The maximum atomic E-state index is 4.25. The van der Waals surface area contributed by atoms with Crippen molar-refractivity contribution in [3.63, 3.8) is 0 Å². The lowest BCUT2D eigenvalue weighted by Crippen LogP contribution is -2.55. The molecule has 0 amide bonds. The molecule has 0 aliphatic carbocycles. The van der Waals surface area contributed by atoms with Gasteiger partial charge in [0.05, 0.1) is 5.69 Å². The first-order valence-corrected chi connectivity index (χ1v) is 6.70. The minimum absolute atomic E-state index is 0.686. The highest BCUT2D eigenvalue weighted by Crippen LogP contribution is 2.27. The van der Waals surface area contributed by atoms with E-state index in [1.165, 1.54) is 43.7 Å². The summed E-state index contributed by atoms with van der Waals surface area (Å²) in [5.41, 5.74) is 3.69. The standard InChI is InChI=1S/C13H22N4/c1-9-12(10(2)16-15-9)7-14-13-8-17-5-3-11(13)4-6-17/h11,13-14H,3-8H2,1-2H3,(H,15,16). The largest absolute Gasteiger partial charge is 0.308 e. The second-order valence-corrected chi connectivity index (χ2v) is 5.54.